The van der Waals surface area contributed by atoms with Gasteiger partial charge in [-0.2, -0.15) is 5.10 Å². The van der Waals surface area contributed by atoms with Gasteiger partial charge in [0.05, 0.1) is 12.7 Å². The fourth-order valence-corrected chi connectivity index (χ4v) is 3.27. The van der Waals surface area contributed by atoms with Crippen LogP contribution in [0.1, 0.15) is 30.9 Å². The van der Waals surface area contributed by atoms with E-state index in [1.807, 2.05) is 10.9 Å². The Morgan fingerprint density at radius 1 is 1.26 bits per heavy atom. The molecule has 1 fully saturated rings. The molecule has 1 aliphatic heterocycles. The van der Waals surface area contributed by atoms with Gasteiger partial charge in [0.25, 0.3) is 0 Å². The summed E-state index contributed by atoms with van der Waals surface area (Å²) in [6.07, 6.45) is 6.46. The van der Waals surface area contributed by atoms with Crippen molar-refractivity contribution in [1.82, 2.24) is 14.7 Å². The van der Waals surface area contributed by atoms with Crippen LogP contribution in [0.2, 0.25) is 0 Å². The summed E-state index contributed by atoms with van der Waals surface area (Å²) < 4.78 is 14.9. The average molecular weight is 316 g/mol. The Morgan fingerprint density at radius 3 is 2.78 bits per heavy atom. The zero-order valence-electron chi connectivity index (χ0n) is 13.7. The molecule has 3 rings (SSSR count). The van der Waals surface area contributed by atoms with Crippen molar-refractivity contribution < 1.29 is 4.39 Å². The van der Waals surface area contributed by atoms with Gasteiger partial charge in [0.2, 0.25) is 0 Å². The number of hydrogen-bond donors (Lipinski definition) is 1. The molecule has 23 heavy (non-hydrogen) atoms. The molecule has 0 spiro atoms. The Hall–Kier alpha value is -1.72. The predicted octanol–water partition coefficient (Wildman–Crippen LogP) is 2.63. The monoisotopic (exact) mass is 316 g/mol. The van der Waals surface area contributed by atoms with Crippen molar-refractivity contribution in [1.29, 1.82) is 0 Å². The standard InChI is InChI=1S/C18H25FN4/c1-14(20)17-3-2-8-22(13-17)10-16-9-21-23(12-16)11-15-4-6-18(19)7-5-15/h4-7,9,12,14,17H,2-3,8,10-11,13,20H2,1H3. The highest BCUT2D eigenvalue weighted by molar-refractivity contribution is 5.16. The molecule has 2 atom stereocenters. The van der Waals surface area contributed by atoms with E-state index in [1.54, 1.807) is 12.1 Å². The molecule has 0 aliphatic carbocycles. The Morgan fingerprint density at radius 2 is 2.04 bits per heavy atom. The van der Waals surface area contributed by atoms with Crippen molar-refractivity contribution in [2.24, 2.45) is 11.7 Å². The maximum absolute atomic E-state index is 12.9. The second-order valence-corrected chi connectivity index (χ2v) is 6.67. The molecule has 1 aliphatic rings. The van der Waals surface area contributed by atoms with E-state index in [9.17, 15) is 4.39 Å². The first kappa shape index (κ1) is 16.1. The number of hydrogen-bond acceptors (Lipinski definition) is 3. The SMILES string of the molecule is CC(N)C1CCCN(Cc2cnn(Cc3ccc(F)cc3)c2)C1. The molecular weight excluding hydrogens is 291 g/mol. The first-order valence-electron chi connectivity index (χ1n) is 8.34. The lowest BCUT2D eigenvalue weighted by atomic mass is 9.92. The smallest absolute Gasteiger partial charge is 0.123 e. The fraction of sp³-hybridized carbons (Fsp3) is 0.500. The van der Waals surface area contributed by atoms with Gasteiger partial charge in [-0.3, -0.25) is 9.58 Å². The van der Waals surface area contributed by atoms with Gasteiger partial charge in [-0.15, -0.1) is 0 Å². The van der Waals surface area contributed by atoms with E-state index in [1.165, 1.54) is 30.5 Å². The lowest BCUT2D eigenvalue weighted by molar-refractivity contribution is 0.154. The van der Waals surface area contributed by atoms with Crippen LogP contribution in [0.4, 0.5) is 4.39 Å². The van der Waals surface area contributed by atoms with E-state index >= 15 is 0 Å². The summed E-state index contributed by atoms with van der Waals surface area (Å²) in [7, 11) is 0. The van der Waals surface area contributed by atoms with Gasteiger partial charge >= 0.3 is 0 Å². The van der Waals surface area contributed by atoms with E-state index < -0.39 is 0 Å². The van der Waals surface area contributed by atoms with Gasteiger partial charge in [-0.05, 0) is 49.9 Å². The molecule has 0 amide bonds. The topological polar surface area (TPSA) is 47.1 Å². The Balaban J connectivity index is 1.57. The summed E-state index contributed by atoms with van der Waals surface area (Å²) in [6, 6.07) is 6.84. The van der Waals surface area contributed by atoms with Crippen LogP contribution in [0, 0.1) is 11.7 Å². The highest BCUT2D eigenvalue weighted by Gasteiger charge is 2.22. The van der Waals surface area contributed by atoms with Crippen LogP contribution in [0.3, 0.4) is 0 Å². The molecule has 4 nitrogen and oxygen atoms in total. The van der Waals surface area contributed by atoms with Gasteiger partial charge in [-0.25, -0.2) is 4.39 Å². The molecular formula is C18H25FN4. The number of halogens is 1. The fourth-order valence-electron chi connectivity index (χ4n) is 3.27. The first-order valence-corrected chi connectivity index (χ1v) is 8.34. The van der Waals surface area contributed by atoms with Crippen molar-refractivity contribution in [2.45, 2.75) is 38.9 Å². The van der Waals surface area contributed by atoms with Crippen LogP contribution >= 0.6 is 0 Å². The molecule has 2 N–H and O–H groups in total. The van der Waals surface area contributed by atoms with Gasteiger partial charge in [0, 0.05) is 30.9 Å². The van der Waals surface area contributed by atoms with Crippen LogP contribution < -0.4 is 5.73 Å². The molecule has 1 saturated heterocycles. The first-order chi connectivity index (χ1) is 11.1. The Kier molecular flexibility index (Phi) is 5.08. The highest BCUT2D eigenvalue weighted by atomic mass is 19.1. The molecule has 0 saturated carbocycles. The van der Waals surface area contributed by atoms with Gasteiger partial charge in [0.1, 0.15) is 5.82 Å². The summed E-state index contributed by atoms with van der Waals surface area (Å²) in [4.78, 5) is 2.47. The minimum absolute atomic E-state index is 0.205. The zero-order chi connectivity index (χ0) is 16.2. The molecule has 0 radical (unpaired) electrons. The maximum atomic E-state index is 12.9. The third-order valence-corrected chi connectivity index (χ3v) is 4.64. The summed E-state index contributed by atoms with van der Waals surface area (Å²) in [5, 5.41) is 4.43. The normalized spacial score (nSPS) is 20.6. The van der Waals surface area contributed by atoms with E-state index in [2.05, 4.69) is 23.1 Å². The molecule has 124 valence electrons. The third kappa shape index (κ3) is 4.39. The molecule has 2 aromatic rings. The van der Waals surface area contributed by atoms with Crippen molar-refractivity contribution in [3.8, 4) is 0 Å². The number of rotatable bonds is 5. The second-order valence-electron chi connectivity index (χ2n) is 6.67. The van der Waals surface area contributed by atoms with Crippen LogP contribution in [0.15, 0.2) is 36.7 Å². The minimum atomic E-state index is -0.205. The van der Waals surface area contributed by atoms with Gasteiger partial charge in [-0.1, -0.05) is 12.1 Å². The number of piperidine rings is 1. The minimum Gasteiger partial charge on any atom is -0.328 e. The van der Waals surface area contributed by atoms with Crippen LogP contribution in [0.25, 0.3) is 0 Å². The van der Waals surface area contributed by atoms with E-state index in [-0.39, 0.29) is 11.9 Å². The number of nitrogens with zero attached hydrogens (tertiary/aromatic N) is 3. The highest BCUT2D eigenvalue weighted by Crippen LogP contribution is 2.20. The lowest BCUT2D eigenvalue weighted by Gasteiger charge is -2.34. The quantitative estimate of drug-likeness (QED) is 0.922. The number of benzene rings is 1. The molecule has 1 aromatic heterocycles. The van der Waals surface area contributed by atoms with Crippen molar-refractivity contribution >= 4 is 0 Å². The second kappa shape index (κ2) is 7.23. The third-order valence-electron chi connectivity index (χ3n) is 4.64. The molecule has 1 aromatic carbocycles. The predicted molar refractivity (Wildman–Crippen MR) is 89.4 cm³/mol. The van der Waals surface area contributed by atoms with E-state index in [4.69, 9.17) is 5.73 Å². The number of aromatic nitrogens is 2. The summed E-state index contributed by atoms with van der Waals surface area (Å²) in [5.74, 6) is 0.390. The van der Waals surface area contributed by atoms with Gasteiger partial charge in [0.15, 0.2) is 0 Å². The van der Waals surface area contributed by atoms with Crippen molar-refractivity contribution in [2.75, 3.05) is 13.1 Å². The lowest BCUT2D eigenvalue weighted by Crippen LogP contribution is -2.41. The molecule has 5 heteroatoms. The van der Waals surface area contributed by atoms with Crippen LogP contribution in [0.5, 0.6) is 0 Å². The van der Waals surface area contributed by atoms with Crippen LogP contribution in [-0.2, 0) is 13.1 Å². The summed E-state index contributed by atoms with van der Waals surface area (Å²) in [6.45, 7) is 5.90. The molecule has 2 heterocycles. The average Bonchev–Trinajstić information content (AvgIpc) is 2.97. The number of nitrogens with two attached hydrogens (primary N) is 1. The summed E-state index contributed by atoms with van der Waals surface area (Å²) in [5.41, 5.74) is 8.33. The van der Waals surface area contributed by atoms with Crippen molar-refractivity contribution in [3.63, 3.8) is 0 Å². The van der Waals surface area contributed by atoms with E-state index in [0.29, 0.717) is 12.5 Å². The van der Waals surface area contributed by atoms with Crippen molar-refractivity contribution in [3.05, 3.63) is 53.6 Å². The van der Waals surface area contributed by atoms with Crippen LogP contribution in [-0.4, -0.2) is 33.8 Å². The Labute approximate surface area is 137 Å². The summed E-state index contributed by atoms with van der Waals surface area (Å²) >= 11 is 0. The van der Waals surface area contributed by atoms with Gasteiger partial charge < -0.3 is 5.73 Å². The van der Waals surface area contributed by atoms with E-state index in [0.717, 1.165) is 25.2 Å². The maximum Gasteiger partial charge on any atom is 0.123 e. The number of likely N-dealkylation sites (tertiary alicyclic amines) is 1. The molecule has 0 bridgehead atoms. The molecule has 2 unspecified atom stereocenters. The zero-order valence-corrected chi connectivity index (χ0v) is 13.7. The Bertz CT molecular complexity index is 620. The largest absolute Gasteiger partial charge is 0.328 e.